The molecule has 0 N–H and O–H groups in total. The molecule has 1 aromatic heterocycles. The third-order valence-electron chi connectivity index (χ3n) is 1.96. The van der Waals surface area contributed by atoms with Crippen molar-refractivity contribution in [3.63, 3.8) is 0 Å². The summed E-state index contributed by atoms with van der Waals surface area (Å²) < 4.78 is 5.11. The van der Waals surface area contributed by atoms with Crippen molar-refractivity contribution in [1.82, 2.24) is 9.97 Å². The van der Waals surface area contributed by atoms with Crippen molar-refractivity contribution < 1.29 is 4.74 Å². The lowest BCUT2D eigenvalue weighted by Gasteiger charge is -2.09. The van der Waals surface area contributed by atoms with E-state index in [-0.39, 0.29) is 6.10 Å². The number of hydrogen-bond acceptors (Lipinski definition) is 3. The number of aromatic nitrogens is 2. The summed E-state index contributed by atoms with van der Waals surface area (Å²) in [5.74, 6) is 1.15. The molecule has 0 aliphatic carbocycles. The number of hydrogen-bond donors (Lipinski definition) is 0. The van der Waals surface area contributed by atoms with E-state index in [0.717, 1.165) is 11.3 Å². The largest absolute Gasteiger partial charge is 0.374 e. The van der Waals surface area contributed by atoms with Gasteiger partial charge >= 0.3 is 0 Å². The van der Waals surface area contributed by atoms with E-state index in [9.17, 15) is 0 Å². The Morgan fingerprint density at radius 3 is 2.77 bits per heavy atom. The highest BCUT2D eigenvalue weighted by Gasteiger charge is 2.08. The van der Waals surface area contributed by atoms with Crippen molar-refractivity contribution in [3.05, 3.63) is 23.3 Å². The van der Waals surface area contributed by atoms with Crippen molar-refractivity contribution in [3.8, 4) is 0 Å². The zero-order chi connectivity index (χ0) is 9.84. The summed E-state index contributed by atoms with van der Waals surface area (Å²) in [5, 5.41) is 0. The Morgan fingerprint density at radius 1 is 1.62 bits per heavy atom. The molecule has 1 unspecified atom stereocenters. The van der Waals surface area contributed by atoms with Crippen molar-refractivity contribution in [1.29, 1.82) is 0 Å². The molecule has 1 atom stereocenters. The molecule has 0 saturated carbocycles. The number of rotatable bonds is 3. The second-order valence-corrected chi connectivity index (χ2v) is 3.12. The molecule has 1 heterocycles. The van der Waals surface area contributed by atoms with Gasteiger partial charge in [-0.1, -0.05) is 0 Å². The fourth-order valence-electron chi connectivity index (χ4n) is 0.942. The van der Waals surface area contributed by atoms with Gasteiger partial charge < -0.3 is 4.74 Å². The lowest BCUT2D eigenvalue weighted by atomic mass is 10.2. The van der Waals surface area contributed by atoms with Gasteiger partial charge in [-0.3, -0.25) is 0 Å². The standard InChI is InChI=1S/C9H13ClN2O/c1-6-8(4-10)5-11-9(12-6)7(2)13-3/h5,7H,4H2,1-3H3. The number of aryl methyl sites for hydroxylation is 1. The van der Waals surface area contributed by atoms with Gasteiger partial charge in [0.1, 0.15) is 6.10 Å². The van der Waals surface area contributed by atoms with E-state index in [1.165, 1.54) is 0 Å². The van der Waals surface area contributed by atoms with Gasteiger partial charge in [0.05, 0.1) is 5.88 Å². The quantitative estimate of drug-likeness (QED) is 0.702. The Labute approximate surface area is 83.1 Å². The Hall–Kier alpha value is -0.670. The Morgan fingerprint density at radius 2 is 2.31 bits per heavy atom. The maximum Gasteiger partial charge on any atom is 0.157 e. The van der Waals surface area contributed by atoms with Crippen LogP contribution in [0.25, 0.3) is 0 Å². The summed E-state index contributed by atoms with van der Waals surface area (Å²) in [6.07, 6.45) is 1.68. The third kappa shape index (κ3) is 2.39. The van der Waals surface area contributed by atoms with E-state index in [1.807, 2.05) is 13.8 Å². The summed E-state index contributed by atoms with van der Waals surface area (Å²) in [4.78, 5) is 8.45. The van der Waals surface area contributed by atoms with E-state index in [1.54, 1.807) is 13.3 Å². The molecule has 72 valence electrons. The predicted molar refractivity (Wildman–Crippen MR) is 51.8 cm³/mol. The lowest BCUT2D eigenvalue weighted by molar-refractivity contribution is 0.112. The van der Waals surface area contributed by atoms with Crippen LogP contribution in [0.3, 0.4) is 0 Å². The minimum absolute atomic E-state index is 0.0666. The summed E-state index contributed by atoms with van der Waals surface area (Å²) in [5.41, 5.74) is 1.89. The first-order valence-electron chi connectivity index (χ1n) is 4.10. The van der Waals surface area contributed by atoms with Gasteiger partial charge in [0.2, 0.25) is 0 Å². The highest BCUT2D eigenvalue weighted by Crippen LogP contribution is 2.13. The lowest BCUT2D eigenvalue weighted by Crippen LogP contribution is -2.05. The second kappa shape index (κ2) is 4.53. The minimum Gasteiger partial charge on any atom is -0.374 e. The fourth-order valence-corrected chi connectivity index (χ4v) is 1.20. The fraction of sp³-hybridized carbons (Fsp3) is 0.556. The molecule has 0 saturated heterocycles. The van der Waals surface area contributed by atoms with Crippen LogP contribution in [0.4, 0.5) is 0 Å². The zero-order valence-corrected chi connectivity index (χ0v) is 8.80. The van der Waals surface area contributed by atoms with Crippen molar-refractivity contribution in [2.75, 3.05) is 7.11 Å². The molecule has 0 aliphatic rings. The molecule has 0 radical (unpaired) electrons. The van der Waals surface area contributed by atoms with Crippen LogP contribution < -0.4 is 0 Å². The highest BCUT2D eigenvalue weighted by atomic mass is 35.5. The second-order valence-electron chi connectivity index (χ2n) is 2.85. The molecule has 0 spiro atoms. The predicted octanol–water partition coefficient (Wildman–Crippen LogP) is 2.23. The van der Waals surface area contributed by atoms with Gasteiger partial charge in [-0.05, 0) is 13.8 Å². The SMILES string of the molecule is COC(C)c1ncc(CCl)c(C)n1. The van der Waals surface area contributed by atoms with Gasteiger partial charge in [-0.15, -0.1) is 11.6 Å². The Bertz CT molecular complexity index is 291. The van der Waals surface area contributed by atoms with Gasteiger partial charge in [0.15, 0.2) is 5.82 Å². The van der Waals surface area contributed by atoms with Crippen LogP contribution >= 0.6 is 11.6 Å². The van der Waals surface area contributed by atoms with E-state index < -0.39 is 0 Å². The van der Waals surface area contributed by atoms with Gasteiger partial charge in [0, 0.05) is 24.6 Å². The van der Waals surface area contributed by atoms with Crippen molar-refractivity contribution in [2.24, 2.45) is 0 Å². The minimum atomic E-state index is -0.0666. The van der Waals surface area contributed by atoms with E-state index in [0.29, 0.717) is 11.7 Å². The molecule has 4 heteroatoms. The normalized spacial score (nSPS) is 12.9. The third-order valence-corrected chi connectivity index (χ3v) is 2.25. The van der Waals surface area contributed by atoms with E-state index >= 15 is 0 Å². The molecule has 0 fully saturated rings. The molecule has 0 bridgehead atoms. The van der Waals surface area contributed by atoms with Gasteiger partial charge in [-0.2, -0.15) is 0 Å². The first-order chi connectivity index (χ1) is 6.19. The summed E-state index contributed by atoms with van der Waals surface area (Å²) >= 11 is 5.69. The molecular weight excluding hydrogens is 188 g/mol. The van der Waals surface area contributed by atoms with E-state index in [2.05, 4.69) is 9.97 Å². The smallest absolute Gasteiger partial charge is 0.157 e. The molecule has 1 rings (SSSR count). The Balaban J connectivity index is 2.95. The first-order valence-corrected chi connectivity index (χ1v) is 4.63. The molecule has 3 nitrogen and oxygen atoms in total. The molecular formula is C9H13ClN2O. The summed E-state index contributed by atoms with van der Waals surface area (Å²) in [6, 6.07) is 0. The average Bonchev–Trinajstić information content (AvgIpc) is 2.16. The van der Waals surface area contributed by atoms with Crippen LogP contribution in [0.1, 0.15) is 30.1 Å². The molecule has 0 aromatic carbocycles. The van der Waals surface area contributed by atoms with Crippen molar-refractivity contribution >= 4 is 11.6 Å². The summed E-state index contributed by atoms with van der Waals surface area (Å²) in [7, 11) is 1.64. The average molecular weight is 201 g/mol. The van der Waals surface area contributed by atoms with Crippen LogP contribution in [0.2, 0.25) is 0 Å². The molecule has 0 amide bonds. The molecule has 13 heavy (non-hydrogen) atoms. The molecule has 0 aliphatic heterocycles. The Kier molecular flexibility index (Phi) is 3.63. The monoisotopic (exact) mass is 200 g/mol. The van der Waals surface area contributed by atoms with Crippen molar-refractivity contribution in [2.45, 2.75) is 25.8 Å². The van der Waals surface area contributed by atoms with Crippen LogP contribution in [-0.2, 0) is 10.6 Å². The number of halogens is 1. The first kappa shape index (κ1) is 10.4. The van der Waals surface area contributed by atoms with Gasteiger partial charge in [-0.25, -0.2) is 9.97 Å². The highest BCUT2D eigenvalue weighted by molar-refractivity contribution is 6.17. The van der Waals surface area contributed by atoms with Crippen LogP contribution in [0.15, 0.2) is 6.20 Å². The number of methoxy groups -OCH3 is 1. The number of alkyl halides is 1. The zero-order valence-electron chi connectivity index (χ0n) is 8.04. The van der Waals surface area contributed by atoms with E-state index in [4.69, 9.17) is 16.3 Å². The maximum atomic E-state index is 5.69. The topological polar surface area (TPSA) is 35.0 Å². The van der Waals surface area contributed by atoms with Gasteiger partial charge in [0.25, 0.3) is 0 Å². The van der Waals surface area contributed by atoms with Crippen LogP contribution in [0.5, 0.6) is 0 Å². The maximum absolute atomic E-state index is 5.69. The number of ether oxygens (including phenoxy) is 1. The van der Waals surface area contributed by atoms with Crippen LogP contribution in [-0.4, -0.2) is 17.1 Å². The van der Waals surface area contributed by atoms with Crippen LogP contribution in [0, 0.1) is 6.92 Å². The summed E-state index contributed by atoms with van der Waals surface area (Å²) in [6.45, 7) is 3.83. The number of nitrogens with zero attached hydrogens (tertiary/aromatic N) is 2. The molecule has 1 aromatic rings.